The molecule has 2 fully saturated rings. The molecule has 1 aromatic rings. The third kappa shape index (κ3) is 3.70. The van der Waals surface area contributed by atoms with Gasteiger partial charge in [-0.15, -0.1) is 0 Å². The monoisotopic (exact) mass is 332 g/mol. The van der Waals surface area contributed by atoms with Crippen LogP contribution < -0.4 is 10.1 Å². The number of hydrogen-bond donors (Lipinski definition) is 2. The Hall–Kier alpha value is -2.08. The van der Waals surface area contributed by atoms with Crippen molar-refractivity contribution in [2.24, 2.45) is 0 Å². The predicted molar refractivity (Wildman–Crippen MR) is 88.9 cm³/mol. The molecule has 6 nitrogen and oxygen atoms in total. The van der Waals surface area contributed by atoms with Crippen LogP contribution >= 0.6 is 0 Å². The van der Waals surface area contributed by atoms with Crippen molar-refractivity contribution < 1.29 is 19.4 Å². The van der Waals surface area contributed by atoms with Crippen LogP contribution in [0.5, 0.6) is 5.75 Å². The highest BCUT2D eigenvalue weighted by atomic mass is 16.5. The van der Waals surface area contributed by atoms with E-state index in [0.717, 1.165) is 31.4 Å². The van der Waals surface area contributed by atoms with Gasteiger partial charge in [-0.3, -0.25) is 14.5 Å². The number of likely N-dealkylation sites (N-methyl/N-ethyl adjacent to an activating group) is 1. The molecule has 0 unspecified atom stereocenters. The van der Waals surface area contributed by atoms with Crippen molar-refractivity contribution in [3.05, 3.63) is 30.3 Å². The first-order valence-electron chi connectivity index (χ1n) is 8.53. The van der Waals surface area contributed by atoms with E-state index >= 15 is 0 Å². The lowest BCUT2D eigenvalue weighted by Crippen LogP contribution is -2.57. The normalized spacial score (nSPS) is 24.1. The Morgan fingerprint density at radius 1 is 1.29 bits per heavy atom. The van der Waals surface area contributed by atoms with Crippen LogP contribution in [0, 0.1) is 0 Å². The van der Waals surface area contributed by atoms with Crippen LogP contribution in [0.2, 0.25) is 0 Å². The zero-order chi connectivity index (χ0) is 17.2. The number of nitrogens with zero attached hydrogens (tertiary/aromatic N) is 1. The van der Waals surface area contributed by atoms with E-state index in [2.05, 4.69) is 5.32 Å². The number of carbonyl (C=O) groups excluding carboxylic acids is 1. The van der Waals surface area contributed by atoms with E-state index in [-0.39, 0.29) is 24.5 Å². The highest BCUT2D eigenvalue weighted by Crippen LogP contribution is 2.41. The second-order valence-corrected chi connectivity index (χ2v) is 6.66. The van der Waals surface area contributed by atoms with Gasteiger partial charge in [-0.2, -0.15) is 0 Å². The SMILES string of the molecule is CCN(CC(=O)O)C1CC(NC(=O)C2(Oc3ccccc3)CC2)C1. The molecule has 1 aromatic carbocycles. The topological polar surface area (TPSA) is 78.9 Å². The summed E-state index contributed by atoms with van der Waals surface area (Å²) in [5.74, 6) is -0.135. The van der Waals surface area contributed by atoms with Crippen molar-refractivity contribution in [3.63, 3.8) is 0 Å². The van der Waals surface area contributed by atoms with Crippen LogP contribution in [0.4, 0.5) is 0 Å². The zero-order valence-electron chi connectivity index (χ0n) is 13.9. The molecule has 2 aliphatic rings. The Morgan fingerprint density at radius 3 is 2.50 bits per heavy atom. The molecule has 0 atom stereocenters. The molecule has 3 rings (SSSR count). The van der Waals surface area contributed by atoms with Gasteiger partial charge in [-0.25, -0.2) is 0 Å². The van der Waals surface area contributed by atoms with Crippen LogP contribution in [-0.4, -0.2) is 52.7 Å². The summed E-state index contributed by atoms with van der Waals surface area (Å²) in [6, 6.07) is 9.76. The maximum atomic E-state index is 12.5. The summed E-state index contributed by atoms with van der Waals surface area (Å²) < 4.78 is 5.89. The standard InChI is InChI=1S/C18H24N2O4/c1-2-20(12-16(21)22)14-10-13(11-14)19-17(23)18(8-9-18)24-15-6-4-3-5-7-15/h3-7,13-14H,2,8-12H2,1H3,(H,19,23)(H,21,22). The maximum Gasteiger partial charge on any atom is 0.317 e. The Bertz CT molecular complexity index is 594. The Morgan fingerprint density at radius 2 is 1.96 bits per heavy atom. The van der Waals surface area contributed by atoms with Gasteiger partial charge in [-0.1, -0.05) is 25.1 Å². The maximum absolute atomic E-state index is 12.5. The summed E-state index contributed by atoms with van der Waals surface area (Å²) in [5, 5.41) is 12.0. The quantitative estimate of drug-likeness (QED) is 0.757. The fraction of sp³-hybridized carbons (Fsp3) is 0.556. The lowest BCUT2D eigenvalue weighted by atomic mass is 9.85. The lowest BCUT2D eigenvalue weighted by molar-refractivity contribution is -0.140. The molecule has 0 spiro atoms. The highest BCUT2D eigenvalue weighted by Gasteiger charge is 2.54. The number of para-hydroxylation sites is 1. The van der Waals surface area contributed by atoms with Gasteiger partial charge in [0.05, 0.1) is 6.54 Å². The van der Waals surface area contributed by atoms with Crippen molar-refractivity contribution in [1.29, 1.82) is 0 Å². The Balaban J connectivity index is 1.48. The van der Waals surface area contributed by atoms with Gasteiger partial charge < -0.3 is 15.2 Å². The Labute approximate surface area is 141 Å². The molecule has 0 bridgehead atoms. The molecule has 24 heavy (non-hydrogen) atoms. The number of carboxylic acid groups (broad SMARTS) is 1. The molecule has 2 saturated carbocycles. The van der Waals surface area contributed by atoms with Crippen LogP contribution in [0.15, 0.2) is 30.3 Å². The number of carbonyl (C=O) groups is 2. The van der Waals surface area contributed by atoms with Crippen LogP contribution in [0.3, 0.4) is 0 Å². The number of hydrogen-bond acceptors (Lipinski definition) is 4. The predicted octanol–water partition coefficient (Wildman–Crippen LogP) is 1.65. The van der Waals surface area contributed by atoms with Crippen molar-refractivity contribution in [1.82, 2.24) is 10.2 Å². The molecular formula is C18H24N2O4. The summed E-state index contributed by atoms with van der Waals surface area (Å²) in [6.45, 7) is 2.73. The molecule has 2 N–H and O–H groups in total. The second kappa shape index (κ2) is 6.81. The van der Waals surface area contributed by atoms with Crippen molar-refractivity contribution in [3.8, 4) is 5.75 Å². The minimum atomic E-state index is -0.808. The zero-order valence-corrected chi connectivity index (χ0v) is 13.9. The molecule has 130 valence electrons. The average Bonchev–Trinajstić information content (AvgIpc) is 3.30. The van der Waals surface area contributed by atoms with Crippen molar-refractivity contribution in [2.75, 3.05) is 13.1 Å². The number of ether oxygens (including phenoxy) is 1. The van der Waals surface area contributed by atoms with Crippen LogP contribution in [0.1, 0.15) is 32.6 Å². The van der Waals surface area contributed by atoms with Crippen LogP contribution in [0.25, 0.3) is 0 Å². The third-order valence-electron chi connectivity index (χ3n) is 4.88. The molecule has 6 heteroatoms. The smallest absolute Gasteiger partial charge is 0.317 e. The molecule has 0 heterocycles. The summed E-state index contributed by atoms with van der Waals surface area (Å²) in [6.07, 6.45) is 3.08. The lowest BCUT2D eigenvalue weighted by Gasteiger charge is -2.42. The van der Waals surface area contributed by atoms with E-state index in [0.29, 0.717) is 6.54 Å². The van der Waals surface area contributed by atoms with Crippen molar-refractivity contribution >= 4 is 11.9 Å². The number of amides is 1. The van der Waals surface area contributed by atoms with E-state index in [1.807, 2.05) is 42.2 Å². The number of nitrogens with one attached hydrogen (secondary N) is 1. The molecule has 1 amide bonds. The largest absolute Gasteiger partial charge is 0.480 e. The third-order valence-corrected chi connectivity index (χ3v) is 4.88. The molecule has 0 aliphatic heterocycles. The summed E-state index contributed by atoms with van der Waals surface area (Å²) in [7, 11) is 0. The number of carboxylic acids is 1. The van der Waals surface area contributed by atoms with E-state index < -0.39 is 11.6 Å². The summed E-state index contributed by atoms with van der Waals surface area (Å²) in [5.41, 5.74) is -0.710. The highest BCUT2D eigenvalue weighted by molar-refractivity contribution is 5.88. The second-order valence-electron chi connectivity index (χ2n) is 6.66. The van der Waals surface area contributed by atoms with Gasteiger partial charge >= 0.3 is 5.97 Å². The van der Waals surface area contributed by atoms with E-state index in [9.17, 15) is 9.59 Å². The minimum Gasteiger partial charge on any atom is -0.480 e. The molecule has 2 aliphatic carbocycles. The van der Waals surface area contributed by atoms with Crippen molar-refractivity contribution in [2.45, 2.75) is 50.3 Å². The van der Waals surface area contributed by atoms with E-state index in [1.54, 1.807) is 0 Å². The van der Waals surface area contributed by atoms with E-state index in [4.69, 9.17) is 9.84 Å². The fourth-order valence-corrected chi connectivity index (χ4v) is 3.20. The Kier molecular flexibility index (Phi) is 4.76. The number of benzene rings is 1. The first-order chi connectivity index (χ1) is 11.5. The minimum absolute atomic E-state index is 0.0453. The van der Waals surface area contributed by atoms with Gasteiger partial charge in [-0.05, 0) is 31.5 Å². The number of aliphatic carboxylic acids is 1. The van der Waals surface area contributed by atoms with Gasteiger partial charge in [0.15, 0.2) is 5.60 Å². The molecule has 0 radical (unpaired) electrons. The number of rotatable bonds is 8. The molecule has 0 aromatic heterocycles. The summed E-state index contributed by atoms with van der Waals surface area (Å²) >= 11 is 0. The van der Waals surface area contributed by atoms with E-state index in [1.165, 1.54) is 0 Å². The van der Waals surface area contributed by atoms with Gasteiger partial charge in [0.25, 0.3) is 5.91 Å². The van der Waals surface area contributed by atoms with Gasteiger partial charge in [0.1, 0.15) is 5.75 Å². The first kappa shape index (κ1) is 16.8. The van der Waals surface area contributed by atoms with Gasteiger partial charge in [0, 0.05) is 24.9 Å². The first-order valence-corrected chi connectivity index (χ1v) is 8.53. The molecule has 0 saturated heterocycles. The van der Waals surface area contributed by atoms with Gasteiger partial charge in [0.2, 0.25) is 0 Å². The molecular weight excluding hydrogens is 308 g/mol. The average molecular weight is 332 g/mol. The van der Waals surface area contributed by atoms with Crippen LogP contribution in [-0.2, 0) is 9.59 Å². The fourth-order valence-electron chi connectivity index (χ4n) is 3.20. The summed E-state index contributed by atoms with van der Waals surface area (Å²) in [4.78, 5) is 25.3.